The van der Waals surface area contributed by atoms with Crippen LogP contribution in [0.3, 0.4) is 0 Å². The highest BCUT2D eigenvalue weighted by Crippen LogP contribution is 2.30. The topological polar surface area (TPSA) is 81.5 Å². The SMILES string of the molecule is Cc1ccc(C[C@@H]([C@H]2NC[C@H](C=O)OC2c2ccc(Br)cc2)[N+](=O)[O-])cc1. The van der Waals surface area contributed by atoms with Crippen LogP contribution in [0.5, 0.6) is 0 Å². The predicted molar refractivity (Wildman–Crippen MR) is 105 cm³/mol. The number of hydrogen-bond acceptors (Lipinski definition) is 5. The minimum atomic E-state index is -0.881. The number of hydrogen-bond donors (Lipinski definition) is 1. The number of carbonyl (C=O) groups is 1. The predicted octanol–water partition coefficient (Wildman–Crippen LogP) is 3.24. The number of halogens is 1. The molecule has 6 nitrogen and oxygen atoms in total. The van der Waals surface area contributed by atoms with Crippen LogP contribution in [-0.2, 0) is 16.0 Å². The van der Waals surface area contributed by atoms with Crippen LogP contribution in [0.25, 0.3) is 0 Å². The number of aldehydes is 1. The minimum Gasteiger partial charge on any atom is -0.360 e. The molecule has 2 aromatic rings. The molecular formula is C20H21BrN2O4. The number of ether oxygens (including phenoxy) is 1. The Labute approximate surface area is 166 Å². The van der Waals surface area contributed by atoms with E-state index in [1.165, 1.54) is 0 Å². The van der Waals surface area contributed by atoms with E-state index in [0.717, 1.165) is 27.4 Å². The molecule has 1 aliphatic heterocycles. The third-order valence-corrected chi connectivity index (χ3v) is 5.33. The third kappa shape index (κ3) is 4.80. The van der Waals surface area contributed by atoms with Crippen molar-refractivity contribution in [2.45, 2.75) is 37.6 Å². The standard InChI is InChI=1S/C20H21BrN2O4/c1-13-2-4-14(5-3-13)10-18(23(25)26)19-20(27-17(12-24)11-22-19)15-6-8-16(21)9-7-15/h2-9,12,17-20,22H,10-11H2,1H3/t17-,18+,19-,20?/m1/s1. The molecule has 4 atom stereocenters. The number of nitro groups is 1. The Morgan fingerprint density at radius 1 is 1.26 bits per heavy atom. The van der Waals surface area contributed by atoms with Gasteiger partial charge in [-0.15, -0.1) is 0 Å². The maximum absolute atomic E-state index is 11.9. The van der Waals surface area contributed by atoms with Gasteiger partial charge in [0.2, 0.25) is 6.04 Å². The first kappa shape index (κ1) is 19.7. The van der Waals surface area contributed by atoms with Crippen LogP contribution >= 0.6 is 15.9 Å². The van der Waals surface area contributed by atoms with Crippen molar-refractivity contribution < 1.29 is 14.5 Å². The number of rotatable bonds is 6. The molecule has 1 aliphatic rings. The summed E-state index contributed by atoms with van der Waals surface area (Å²) in [5.41, 5.74) is 2.81. The van der Waals surface area contributed by atoms with E-state index in [9.17, 15) is 14.9 Å². The average Bonchev–Trinajstić information content (AvgIpc) is 2.67. The molecule has 1 heterocycles. The van der Waals surface area contributed by atoms with Crippen LogP contribution in [0.2, 0.25) is 0 Å². The Kier molecular flexibility index (Phi) is 6.36. The van der Waals surface area contributed by atoms with Crippen LogP contribution in [0.15, 0.2) is 53.0 Å². The summed E-state index contributed by atoms with van der Waals surface area (Å²) < 4.78 is 6.82. The second kappa shape index (κ2) is 8.73. The monoisotopic (exact) mass is 432 g/mol. The summed E-state index contributed by atoms with van der Waals surface area (Å²) in [6, 6.07) is 13.8. The Hall–Kier alpha value is -2.09. The Morgan fingerprint density at radius 2 is 1.93 bits per heavy atom. The molecule has 142 valence electrons. The lowest BCUT2D eigenvalue weighted by atomic mass is 9.90. The van der Waals surface area contributed by atoms with Crippen LogP contribution in [0.4, 0.5) is 0 Å². The van der Waals surface area contributed by atoms with Gasteiger partial charge in [0.25, 0.3) is 0 Å². The van der Waals surface area contributed by atoms with Gasteiger partial charge in [-0.3, -0.25) is 10.1 Å². The molecule has 0 aliphatic carbocycles. The maximum Gasteiger partial charge on any atom is 0.235 e. The van der Waals surface area contributed by atoms with E-state index in [0.29, 0.717) is 0 Å². The van der Waals surface area contributed by atoms with Crippen LogP contribution in [-0.4, -0.2) is 35.9 Å². The number of aryl methyl sites for hydroxylation is 1. The second-order valence-electron chi connectivity index (χ2n) is 6.76. The zero-order valence-corrected chi connectivity index (χ0v) is 16.5. The lowest BCUT2D eigenvalue weighted by molar-refractivity contribution is -0.530. The summed E-state index contributed by atoms with van der Waals surface area (Å²) >= 11 is 3.39. The molecule has 2 aromatic carbocycles. The van der Waals surface area contributed by atoms with E-state index in [-0.39, 0.29) is 17.9 Å². The molecule has 1 unspecified atom stereocenters. The van der Waals surface area contributed by atoms with Crippen LogP contribution in [0.1, 0.15) is 22.8 Å². The Balaban J connectivity index is 1.89. The highest BCUT2D eigenvalue weighted by atomic mass is 79.9. The molecule has 0 radical (unpaired) electrons. The first-order valence-electron chi connectivity index (χ1n) is 8.76. The van der Waals surface area contributed by atoms with Gasteiger partial charge in [-0.25, -0.2) is 0 Å². The van der Waals surface area contributed by atoms with Crippen molar-refractivity contribution in [1.82, 2.24) is 5.32 Å². The second-order valence-corrected chi connectivity index (χ2v) is 7.67. The highest BCUT2D eigenvalue weighted by molar-refractivity contribution is 9.10. The summed E-state index contributed by atoms with van der Waals surface area (Å²) in [4.78, 5) is 22.8. The molecule has 1 saturated heterocycles. The molecular weight excluding hydrogens is 412 g/mol. The molecule has 27 heavy (non-hydrogen) atoms. The van der Waals surface area contributed by atoms with Crippen molar-refractivity contribution in [3.8, 4) is 0 Å². The first-order valence-corrected chi connectivity index (χ1v) is 9.56. The Bertz CT molecular complexity index is 795. The fraction of sp³-hybridized carbons (Fsp3) is 0.350. The molecule has 7 heteroatoms. The highest BCUT2D eigenvalue weighted by Gasteiger charge is 2.42. The van der Waals surface area contributed by atoms with E-state index < -0.39 is 24.3 Å². The molecule has 0 saturated carbocycles. The zero-order chi connectivity index (χ0) is 19.4. The van der Waals surface area contributed by atoms with Gasteiger partial charge in [0, 0.05) is 22.4 Å². The quantitative estimate of drug-likeness (QED) is 0.430. The van der Waals surface area contributed by atoms with E-state index >= 15 is 0 Å². The fourth-order valence-electron chi connectivity index (χ4n) is 3.33. The summed E-state index contributed by atoms with van der Waals surface area (Å²) in [5.74, 6) is 0. The Morgan fingerprint density at radius 3 is 2.52 bits per heavy atom. The van der Waals surface area contributed by atoms with Gasteiger partial charge in [-0.05, 0) is 30.2 Å². The molecule has 0 aromatic heterocycles. The van der Waals surface area contributed by atoms with E-state index in [2.05, 4.69) is 21.2 Å². The zero-order valence-electron chi connectivity index (χ0n) is 14.9. The molecule has 1 N–H and O–H groups in total. The van der Waals surface area contributed by atoms with Gasteiger partial charge in [0.05, 0.1) is 0 Å². The number of nitrogens with one attached hydrogen (secondary N) is 1. The van der Waals surface area contributed by atoms with Gasteiger partial charge in [-0.1, -0.05) is 57.9 Å². The minimum absolute atomic E-state index is 0.256. The van der Waals surface area contributed by atoms with Crippen molar-refractivity contribution in [3.63, 3.8) is 0 Å². The normalized spacial score (nSPS) is 23.6. The summed E-state index contributed by atoms with van der Waals surface area (Å²) in [6.07, 6.45) is -0.187. The lowest BCUT2D eigenvalue weighted by Gasteiger charge is -2.37. The van der Waals surface area contributed by atoms with Gasteiger partial charge in [0.15, 0.2) is 0 Å². The van der Waals surface area contributed by atoms with E-state index in [1.807, 2.05) is 55.5 Å². The lowest BCUT2D eigenvalue weighted by Crippen LogP contribution is -2.56. The van der Waals surface area contributed by atoms with Gasteiger partial charge in [-0.2, -0.15) is 0 Å². The number of carbonyl (C=O) groups excluding carboxylic acids is 1. The van der Waals surface area contributed by atoms with Crippen molar-refractivity contribution >= 4 is 22.2 Å². The van der Waals surface area contributed by atoms with Gasteiger partial charge in [0.1, 0.15) is 24.5 Å². The number of benzene rings is 2. The van der Waals surface area contributed by atoms with Crippen molar-refractivity contribution in [2.24, 2.45) is 0 Å². The average molecular weight is 433 g/mol. The third-order valence-electron chi connectivity index (χ3n) is 4.80. The van der Waals surface area contributed by atoms with Crippen molar-refractivity contribution in [3.05, 3.63) is 79.8 Å². The summed E-state index contributed by atoms with van der Waals surface area (Å²) in [6.45, 7) is 2.24. The number of nitrogens with zero attached hydrogens (tertiary/aromatic N) is 1. The van der Waals surface area contributed by atoms with E-state index in [4.69, 9.17) is 4.74 Å². The summed E-state index contributed by atoms with van der Waals surface area (Å²) in [7, 11) is 0. The van der Waals surface area contributed by atoms with Crippen molar-refractivity contribution in [2.75, 3.05) is 6.54 Å². The first-order chi connectivity index (χ1) is 13.0. The van der Waals surface area contributed by atoms with E-state index in [1.54, 1.807) is 0 Å². The van der Waals surface area contributed by atoms with Crippen LogP contribution in [0, 0.1) is 17.0 Å². The molecule has 0 spiro atoms. The van der Waals surface area contributed by atoms with Gasteiger partial charge >= 0.3 is 0 Å². The largest absolute Gasteiger partial charge is 0.360 e. The fourth-order valence-corrected chi connectivity index (χ4v) is 3.60. The van der Waals surface area contributed by atoms with Crippen LogP contribution < -0.4 is 5.32 Å². The van der Waals surface area contributed by atoms with Crippen molar-refractivity contribution in [1.29, 1.82) is 0 Å². The number of morpholine rings is 1. The smallest absolute Gasteiger partial charge is 0.235 e. The molecule has 3 rings (SSSR count). The molecule has 0 amide bonds. The molecule has 1 fully saturated rings. The van der Waals surface area contributed by atoms with Gasteiger partial charge < -0.3 is 14.8 Å². The summed E-state index contributed by atoms with van der Waals surface area (Å²) in [5, 5.41) is 15.1. The maximum atomic E-state index is 11.9. The molecule has 0 bridgehead atoms.